The maximum absolute atomic E-state index is 11.2. The van der Waals surface area contributed by atoms with E-state index in [4.69, 9.17) is 0 Å². The fourth-order valence-corrected chi connectivity index (χ4v) is 0.865. The van der Waals surface area contributed by atoms with Crippen molar-refractivity contribution in [2.24, 2.45) is 0 Å². The van der Waals surface area contributed by atoms with Crippen LogP contribution in [-0.4, -0.2) is 37.3 Å². The van der Waals surface area contributed by atoms with Crippen LogP contribution < -0.4 is 21.5 Å². The molecule has 0 rings (SSSR count). The molecule has 0 aromatic carbocycles. The molecule has 0 saturated carbocycles. The van der Waals surface area contributed by atoms with Gasteiger partial charge in [-0.2, -0.15) is 0 Å². The topological polar surface area (TPSA) is 85.5 Å². The number of hydrogen-bond donors (Lipinski definition) is 4. The molecule has 0 bridgehead atoms. The van der Waals surface area contributed by atoms with Crippen molar-refractivity contribution < 1.29 is 9.59 Å². The van der Waals surface area contributed by atoms with Crippen LogP contribution in [0.3, 0.4) is 0 Å². The van der Waals surface area contributed by atoms with Crippen LogP contribution in [0.4, 0.5) is 9.59 Å². The van der Waals surface area contributed by atoms with E-state index in [1.54, 1.807) is 0 Å². The molecular formula is C8H19N5O2. The number of urea groups is 2. The van der Waals surface area contributed by atoms with Gasteiger partial charge in [0.2, 0.25) is 0 Å². The lowest BCUT2D eigenvalue weighted by Crippen LogP contribution is -2.57. The van der Waals surface area contributed by atoms with Crippen molar-refractivity contribution in [3.63, 3.8) is 0 Å². The van der Waals surface area contributed by atoms with Crippen LogP contribution in [0.1, 0.15) is 20.3 Å². The standard InChI is InChI=1S/C8H19N5O2/c1-4-6-13(11-7(14)9-3)12-8(15)10-5-2/h4-6H2,1-3H3,(H2,9,11,14)(H2,10,12,15). The molecule has 0 radical (unpaired) electrons. The van der Waals surface area contributed by atoms with Gasteiger partial charge in [0.1, 0.15) is 0 Å². The summed E-state index contributed by atoms with van der Waals surface area (Å²) in [5, 5.41) is 6.30. The van der Waals surface area contributed by atoms with Gasteiger partial charge in [-0.25, -0.2) is 9.59 Å². The van der Waals surface area contributed by atoms with Gasteiger partial charge in [0, 0.05) is 20.1 Å². The largest absolute Gasteiger partial charge is 0.340 e. The smallest absolute Gasteiger partial charge is 0.330 e. The molecule has 0 aromatic heterocycles. The Morgan fingerprint density at radius 2 is 1.73 bits per heavy atom. The predicted molar refractivity (Wildman–Crippen MR) is 56.8 cm³/mol. The van der Waals surface area contributed by atoms with Crippen molar-refractivity contribution in [2.45, 2.75) is 20.3 Å². The minimum atomic E-state index is -0.375. The van der Waals surface area contributed by atoms with Crippen molar-refractivity contribution >= 4 is 12.1 Å². The van der Waals surface area contributed by atoms with Gasteiger partial charge in [-0.15, -0.1) is 5.12 Å². The Kier molecular flexibility index (Phi) is 7.08. The Morgan fingerprint density at radius 3 is 2.20 bits per heavy atom. The Labute approximate surface area is 89.5 Å². The molecule has 15 heavy (non-hydrogen) atoms. The molecular weight excluding hydrogens is 198 g/mol. The second-order valence-electron chi connectivity index (χ2n) is 2.81. The Hall–Kier alpha value is -1.50. The zero-order valence-electron chi connectivity index (χ0n) is 9.39. The van der Waals surface area contributed by atoms with Gasteiger partial charge in [-0.3, -0.25) is 10.9 Å². The summed E-state index contributed by atoms with van der Waals surface area (Å²) in [5.74, 6) is 0. The first-order valence-corrected chi connectivity index (χ1v) is 4.94. The van der Waals surface area contributed by atoms with Gasteiger partial charge in [-0.05, 0) is 13.3 Å². The molecule has 0 aliphatic carbocycles. The molecule has 0 unspecified atom stereocenters. The molecule has 4 amide bonds. The van der Waals surface area contributed by atoms with E-state index in [-0.39, 0.29) is 12.1 Å². The van der Waals surface area contributed by atoms with Crippen molar-refractivity contribution in [3.8, 4) is 0 Å². The Morgan fingerprint density at radius 1 is 1.13 bits per heavy atom. The quantitative estimate of drug-likeness (QED) is 0.480. The fraction of sp³-hybridized carbons (Fsp3) is 0.750. The molecule has 0 heterocycles. The highest BCUT2D eigenvalue weighted by Gasteiger charge is 2.09. The van der Waals surface area contributed by atoms with E-state index < -0.39 is 0 Å². The summed E-state index contributed by atoms with van der Waals surface area (Å²) in [6, 6.07) is -0.720. The van der Waals surface area contributed by atoms with Crippen molar-refractivity contribution in [3.05, 3.63) is 0 Å². The first kappa shape index (κ1) is 13.5. The van der Waals surface area contributed by atoms with Gasteiger partial charge in [0.15, 0.2) is 0 Å². The molecule has 0 fully saturated rings. The van der Waals surface area contributed by atoms with Crippen molar-refractivity contribution in [1.82, 2.24) is 26.6 Å². The Bertz CT molecular complexity index is 209. The zero-order chi connectivity index (χ0) is 11.7. The lowest BCUT2D eigenvalue weighted by atomic mass is 10.5. The van der Waals surface area contributed by atoms with Gasteiger partial charge in [0.25, 0.3) is 0 Å². The van der Waals surface area contributed by atoms with Crippen LogP contribution >= 0.6 is 0 Å². The molecule has 0 saturated heterocycles. The van der Waals surface area contributed by atoms with Gasteiger partial charge in [0.05, 0.1) is 0 Å². The molecule has 88 valence electrons. The molecule has 7 nitrogen and oxygen atoms in total. The first-order chi connectivity index (χ1) is 7.13. The molecule has 0 aliphatic heterocycles. The zero-order valence-corrected chi connectivity index (χ0v) is 9.39. The van der Waals surface area contributed by atoms with Gasteiger partial charge in [-0.1, -0.05) is 6.92 Å². The number of nitrogens with zero attached hydrogens (tertiary/aromatic N) is 1. The third kappa shape index (κ3) is 6.55. The number of rotatable bonds is 5. The average Bonchev–Trinajstić information content (AvgIpc) is 2.18. The molecule has 0 spiro atoms. The fourth-order valence-electron chi connectivity index (χ4n) is 0.865. The predicted octanol–water partition coefficient (Wildman–Crippen LogP) is -0.223. The molecule has 0 aromatic rings. The van der Waals surface area contributed by atoms with Crippen LogP contribution in [0, 0.1) is 0 Å². The number of carbonyl (C=O) groups excluding carboxylic acids is 2. The van der Waals surface area contributed by atoms with E-state index in [2.05, 4.69) is 21.5 Å². The monoisotopic (exact) mass is 217 g/mol. The van der Waals surface area contributed by atoms with Crippen LogP contribution in [-0.2, 0) is 0 Å². The second kappa shape index (κ2) is 7.86. The second-order valence-corrected chi connectivity index (χ2v) is 2.81. The minimum absolute atomic E-state index is 0.345. The van der Waals surface area contributed by atoms with Gasteiger partial charge < -0.3 is 10.6 Å². The summed E-state index contributed by atoms with van der Waals surface area (Å²) < 4.78 is 0. The summed E-state index contributed by atoms with van der Waals surface area (Å²) in [6.07, 6.45) is 0.802. The highest BCUT2D eigenvalue weighted by atomic mass is 16.2. The lowest BCUT2D eigenvalue weighted by Gasteiger charge is -2.22. The molecule has 0 aliphatic rings. The highest BCUT2D eigenvalue weighted by Crippen LogP contribution is 1.82. The summed E-state index contributed by atoms with van der Waals surface area (Å²) in [5.41, 5.74) is 4.96. The van der Waals surface area contributed by atoms with E-state index in [1.807, 2.05) is 13.8 Å². The minimum Gasteiger partial charge on any atom is -0.340 e. The summed E-state index contributed by atoms with van der Waals surface area (Å²) in [7, 11) is 1.51. The number of hydrogen-bond acceptors (Lipinski definition) is 3. The van der Waals surface area contributed by atoms with E-state index in [0.29, 0.717) is 13.1 Å². The van der Waals surface area contributed by atoms with Crippen LogP contribution in [0.2, 0.25) is 0 Å². The number of hydrazine groups is 2. The average molecular weight is 217 g/mol. The maximum Gasteiger partial charge on any atom is 0.330 e. The summed E-state index contributed by atoms with van der Waals surface area (Å²) >= 11 is 0. The Balaban J connectivity index is 4.02. The lowest BCUT2D eigenvalue weighted by molar-refractivity contribution is 0.130. The third-order valence-corrected chi connectivity index (χ3v) is 1.48. The number of carbonyl (C=O) groups is 2. The SMILES string of the molecule is CCCN(NC(=O)NC)NC(=O)NCC. The highest BCUT2D eigenvalue weighted by molar-refractivity contribution is 5.75. The number of amides is 4. The third-order valence-electron chi connectivity index (χ3n) is 1.48. The number of nitrogens with one attached hydrogen (secondary N) is 4. The molecule has 4 N–H and O–H groups in total. The molecule has 0 atom stereocenters. The van der Waals surface area contributed by atoms with Crippen molar-refractivity contribution in [2.75, 3.05) is 20.1 Å². The molecule has 7 heteroatoms. The van der Waals surface area contributed by atoms with Crippen LogP contribution in [0.5, 0.6) is 0 Å². The van der Waals surface area contributed by atoms with E-state index in [0.717, 1.165) is 6.42 Å². The summed E-state index contributed by atoms with van der Waals surface area (Å²) in [6.45, 7) is 4.82. The van der Waals surface area contributed by atoms with Crippen LogP contribution in [0.15, 0.2) is 0 Å². The van der Waals surface area contributed by atoms with E-state index >= 15 is 0 Å². The summed E-state index contributed by atoms with van der Waals surface area (Å²) in [4.78, 5) is 22.2. The van der Waals surface area contributed by atoms with Gasteiger partial charge >= 0.3 is 12.1 Å². The van der Waals surface area contributed by atoms with Crippen LogP contribution in [0.25, 0.3) is 0 Å². The first-order valence-electron chi connectivity index (χ1n) is 4.94. The normalized spacial score (nSPS) is 9.60. The maximum atomic E-state index is 11.2. The van der Waals surface area contributed by atoms with Crippen molar-refractivity contribution in [1.29, 1.82) is 0 Å². The van der Waals surface area contributed by atoms with E-state index in [9.17, 15) is 9.59 Å². The van der Waals surface area contributed by atoms with E-state index in [1.165, 1.54) is 12.2 Å².